The normalized spacial score (nSPS) is 14.7. The Bertz CT molecular complexity index is 600. The second-order valence-electron chi connectivity index (χ2n) is 4.89. The number of pyridine rings is 1. The smallest absolute Gasteiger partial charge is 0.260 e. The van der Waals surface area contributed by atoms with Crippen LogP contribution in [0.25, 0.3) is 0 Å². The van der Waals surface area contributed by atoms with E-state index in [9.17, 15) is 4.79 Å². The van der Waals surface area contributed by atoms with Gasteiger partial charge in [-0.1, -0.05) is 0 Å². The zero-order chi connectivity index (χ0) is 15.2. The van der Waals surface area contributed by atoms with Crippen LogP contribution in [0.4, 0.5) is 5.95 Å². The molecular weight excluding hydrogens is 282 g/mol. The molecule has 1 saturated heterocycles. The van der Waals surface area contributed by atoms with Crippen molar-refractivity contribution in [2.45, 2.75) is 0 Å². The molecule has 0 N–H and O–H groups in total. The van der Waals surface area contributed by atoms with E-state index in [1.54, 1.807) is 47.9 Å². The van der Waals surface area contributed by atoms with E-state index in [2.05, 4.69) is 19.9 Å². The standard InChI is InChI=1S/C15H17N5O2/c21-14(12-22-13-3-1-4-16-11-13)19-7-9-20(10-8-19)15-17-5-2-6-18-15/h1-6,11H,7-10,12H2. The summed E-state index contributed by atoms with van der Waals surface area (Å²) in [5.41, 5.74) is 0. The quantitative estimate of drug-likeness (QED) is 0.823. The number of rotatable bonds is 4. The molecule has 0 bridgehead atoms. The van der Waals surface area contributed by atoms with Gasteiger partial charge in [-0.05, 0) is 18.2 Å². The summed E-state index contributed by atoms with van der Waals surface area (Å²) in [6, 6.07) is 5.35. The third kappa shape index (κ3) is 3.49. The molecule has 1 amide bonds. The summed E-state index contributed by atoms with van der Waals surface area (Å²) in [4.78, 5) is 28.4. The van der Waals surface area contributed by atoms with Crippen LogP contribution in [0.1, 0.15) is 0 Å². The van der Waals surface area contributed by atoms with E-state index in [-0.39, 0.29) is 12.5 Å². The number of aromatic nitrogens is 3. The van der Waals surface area contributed by atoms with Crippen molar-refractivity contribution in [2.24, 2.45) is 0 Å². The van der Waals surface area contributed by atoms with Crippen molar-refractivity contribution in [3.05, 3.63) is 43.0 Å². The zero-order valence-electron chi connectivity index (χ0n) is 12.1. The first-order valence-corrected chi connectivity index (χ1v) is 7.15. The fourth-order valence-corrected chi connectivity index (χ4v) is 2.28. The summed E-state index contributed by atoms with van der Waals surface area (Å²) < 4.78 is 5.44. The predicted molar refractivity (Wildman–Crippen MR) is 80.6 cm³/mol. The minimum absolute atomic E-state index is 0.0162. The number of hydrogen-bond donors (Lipinski definition) is 0. The molecule has 7 heteroatoms. The third-order valence-corrected chi connectivity index (χ3v) is 3.46. The van der Waals surface area contributed by atoms with Crippen LogP contribution in [0.2, 0.25) is 0 Å². The van der Waals surface area contributed by atoms with E-state index in [1.807, 2.05) is 0 Å². The number of hydrogen-bond acceptors (Lipinski definition) is 6. The van der Waals surface area contributed by atoms with Crippen LogP contribution in [0, 0.1) is 0 Å². The van der Waals surface area contributed by atoms with Gasteiger partial charge in [0.15, 0.2) is 6.61 Å². The van der Waals surface area contributed by atoms with Gasteiger partial charge in [-0.15, -0.1) is 0 Å². The summed E-state index contributed by atoms with van der Waals surface area (Å²) in [6.45, 7) is 2.78. The van der Waals surface area contributed by atoms with Gasteiger partial charge in [0.25, 0.3) is 5.91 Å². The molecule has 1 fully saturated rings. The Labute approximate surface area is 128 Å². The van der Waals surface area contributed by atoms with Crippen LogP contribution >= 0.6 is 0 Å². The first-order chi connectivity index (χ1) is 10.8. The highest BCUT2D eigenvalue weighted by Gasteiger charge is 2.22. The number of amides is 1. The number of carbonyl (C=O) groups is 1. The summed E-state index contributed by atoms with van der Waals surface area (Å²) >= 11 is 0. The van der Waals surface area contributed by atoms with E-state index < -0.39 is 0 Å². The van der Waals surface area contributed by atoms with Crippen molar-refractivity contribution < 1.29 is 9.53 Å². The van der Waals surface area contributed by atoms with Gasteiger partial charge in [0.05, 0.1) is 6.20 Å². The predicted octanol–water partition coefficient (Wildman–Crippen LogP) is 0.599. The average Bonchev–Trinajstić information content (AvgIpc) is 2.61. The molecule has 0 unspecified atom stereocenters. The lowest BCUT2D eigenvalue weighted by atomic mass is 10.3. The van der Waals surface area contributed by atoms with Crippen molar-refractivity contribution in [3.8, 4) is 5.75 Å². The summed E-state index contributed by atoms with van der Waals surface area (Å²) in [5, 5.41) is 0. The van der Waals surface area contributed by atoms with Crippen LogP contribution in [0.5, 0.6) is 5.75 Å². The van der Waals surface area contributed by atoms with Gasteiger partial charge in [-0.3, -0.25) is 9.78 Å². The molecule has 1 aliphatic heterocycles. The van der Waals surface area contributed by atoms with Crippen LogP contribution < -0.4 is 9.64 Å². The van der Waals surface area contributed by atoms with Gasteiger partial charge in [0.1, 0.15) is 5.75 Å². The first-order valence-electron chi connectivity index (χ1n) is 7.15. The van der Waals surface area contributed by atoms with Gasteiger partial charge in [0.2, 0.25) is 5.95 Å². The molecule has 1 aliphatic rings. The molecule has 2 aromatic heterocycles. The molecule has 2 aromatic rings. The molecule has 0 atom stereocenters. The van der Waals surface area contributed by atoms with Gasteiger partial charge in [-0.2, -0.15) is 0 Å². The topological polar surface area (TPSA) is 71.5 Å². The van der Waals surface area contributed by atoms with Gasteiger partial charge < -0.3 is 14.5 Å². The third-order valence-electron chi connectivity index (χ3n) is 3.46. The number of anilines is 1. The molecule has 0 aliphatic carbocycles. The Kier molecular flexibility index (Phi) is 4.43. The van der Waals surface area contributed by atoms with Gasteiger partial charge in [-0.25, -0.2) is 9.97 Å². The summed E-state index contributed by atoms with van der Waals surface area (Å²) in [7, 11) is 0. The Morgan fingerprint density at radius 2 is 1.86 bits per heavy atom. The minimum atomic E-state index is -0.0162. The monoisotopic (exact) mass is 299 g/mol. The maximum absolute atomic E-state index is 12.1. The molecule has 3 rings (SSSR count). The van der Waals surface area contributed by atoms with E-state index in [0.29, 0.717) is 24.8 Å². The lowest BCUT2D eigenvalue weighted by Crippen LogP contribution is -2.50. The average molecular weight is 299 g/mol. The Morgan fingerprint density at radius 3 is 2.55 bits per heavy atom. The highest BCUT2D eigenvalue weighted by molar-refractivity contribution is 5.78. The Balaban J connectivity index is 1.48. The summed E-state index contributed by atoms with van der Waals surface area (Å²) in [5.74, 6) is 1.30. The fourth-order valence-electron chi connectivity index (χ4n) is 2.28. The zero-order valence-corrected chi connectivity index (χ0v) is 12.1. The first kappa shape index (κ1) is 14.2. The SMILES string of the molecule is O=C(COc1cccnc1)N1CCN(c2ncccn2)CC1. The molecular formula is C15H17N5O2. The number of carbonyl (C=O) groups excluding carboxylic acids is 1. The molecule has 0 saturated carbocycles. The van der Waals surface area contributed by atoms with Crippen LogP contribution in [-0.2, 0) is 4.79 Å². The lowest BCUT2D eigenvalue weighted by Gasteiger charge is -2.34. The molecule has 114 valence electrons. The number of nitrogens with zero attached hydrogens (tertiary/aromatic N) is 5. The van der Waals surface area contributed by atoms with Crippen molar-refractivity contribution in [2.75, 3.05) is 37.7 Å². The van der Waals surface area contributed by atoms with Crippen LogP contribution in [0.15, 0.2) is 43.0 Å². The highest BCUT2D eigenvalue weighted by Crippen LogP contribution is 2.11. The van der Waals surface area contributed by atoms with E-state index in [4.69, 9.17) is 4.74 Å². The molecule has 0 aromatic carbocycles. The maximum Gasteiger partial charge on any atom is 0.260 e. The van der Waals surface area contributed by atoms with Crippen LogP contribution in [0.3, 0.4) is 0 Å². The number of piperazine rings is 1. The van der Waals surface area contributed by atoms with Crippen molar-refractivity contribution in [1.29, 1.82) is 0 Å². The minimum Gasteiger partial charge on any atom is -0.482 e. The van der Waals surface area contributed by atoms with Gasteiger partial charge in [0, 0.05) is 44.8 Å². The second kappa shape index (κ2) is 6.84. The molecule has 0 spiro atoms. The largest absolute Gasteiger partial charge is 0.482 e. The van der Waals surface area contributed by atoms with Crippen LogP contribution in [-0.4, -0.2) is 58.5 Å². The van der Waals surface area contributed by atoms with E-state index >= 15 is 0 Å². The van der Waals surface area contributed by atoms with E-state index in [1.165, 1.54) is 0 Å². The van der Waals surface area contributed by atoms with Crippen molar-refractivity contribution in [1.82, 2.24) is 19.9 Å². The highest BCUT2D eigenvalue weighted by atomic mass is 16.5. The fraction of sp³-hybridized carbons (Fsp3) is 0.333. The van der Waals surface area contributed by atoms with Crippen molar-refractivity contribution in [3.63, 3.8) is 0 Å². The lowest BCUT2D eigenvalue weighted by molar-refractivity contribution is -0.133. The van der Waals surface area contributed by atoms with E-state index in [0.717, 1.165) is 13.1 Å². The summed E-state index contributed by atoms with van der Waals surface area (Å²) in [6.07, 6.45) is 6.71. The number of ether oxygens (including phenoxy) is 1. The maximum atomic E-state index is 12.1. The van der Waals surface area contributed by atoms with Gasteiger partial charge >= 0.3 is 0 Å². The molecule has 7 nitrogen and oxygen atoms in total. The molecule has 22 heavy (non-hydrogen) atoms. The molecule has 0 radical (unpaired) electrons. The second-order valence-corrected chi connectivity index (χ2v) is 4.89. The van der Waals surface area contributed by atoms with Crippen molar-refractivity contribution >= 4 is 11.9 Å². The molecule has 3 heterocycles. The Morgan fingerprint density at radius 1 is 1.09 bits per heavy atom. The Hall–Kier alpha value is -2.70.